The molecule has 0 saturated heterocycles. The van der Waals surface area contributed by atoms with Gasteiger partial charge in [-0.15, -0.1) is 0 Å². The summed E-state index contributed by atoms with van der Waals surface area (Å²) in [6.45, 7) is 2.26. The first-order chi connectivity index (χ1) is 3.79. The van der Waals surface area contributed by atoms with E-state index < -0.39 is 0 Å². The van der Waals surface area contributed by atoms with E-state index in [0.717, 1.165) is 18.8 Å². The third kappa shape index (κ3) is 1.48. The fraction of sp³-hybridized carbons (Fsp3) is 1.00. The molecular formula is C7H14O. The molecule has 1 saturated carbocycles. The minimum absolute atomic E-state index is 0.0196. The standard InChI is InChI=1S/C7H14O/c1-6-2-4-7(8)5-3-6/h6-8H,2-5H2,1H3/t6-,7+. The molecule has 8 heavy (non-hydrogen) atoms. The predicted octanol–water partition coefficient (Wildman–Crippen LogP) is 1.56. The van der Waals surface area contributed by atoms with Crippen molar-refractivity contribution in [3.63, 3.8) is 0 Å². The molecule has 0 amide bonds. The number of hydrogen-bond donors (Lipinski definition) is 1. The van der Waals surface area contributed by atoms with Crippen LogP contribution < -0.4 is 0 Å². The quantitative estimate of drug-likeness (QED) is 0.506. The van der Waals surface area contributed by atoms with Crippen LogP contribution in [0, 0.1) is 5.92 Å². The third-order valence-electron chi connectivity index (χ3n) is 1.99. The average molecular weight is 114 g/mol. The lowest BCUT2D eigenvalue weighted by molar-refractivity contribution is 0.112. The summed E-state index contributed by atoms with van der Waals surface area (Å²) in [6, 6.07) is 0. The third-order valence-corrected chi connectivity index (χ3v) is 1.99. The van der Waals surface area contributed by atoms with E-state index in [2.05, 4.69) is 6.92 Å². The summed E-state index contributed by atoms with van der Waals surface area (Å²) in [7, 11) is 0. The molecule has 1 heteroatoms. The van der Waals surface area contributed by atoms with Gasteiger partial charge in [-0.3, -0.25) is 0 Å². The summed E-state index contributed by atoms with van der Waals surface area (Å²) < 4.78 is 0. The lowest BCUT2D eigenvalue weighted by Gasteiger charge is -2.21. The van der Waals surface area contributed by atoms with Crippen molar-refractivity contribution in [2.45, 2.75) is 38.7 Å². The summed E-state index contributed by atoms with van der Waals surface area (Å²) in [5, 5.41) is 9.03. The van der Waals surface area contributed by atoms with Crippen LogP contribution in [0.25, 0.3) is 0 Å². The Kier molecular flexibility index (Phi) is 1.90. The molecule has 48 valence electrons. The molecule has 1 N–H and O–H groups in total. The highest BCUT2D eigenvalue weighted by Gasteiger charge is 2.14. The highest BCUT2D eigenvalue weighted by molar-refractivity contribution is 4.67. The first-order valence-electron chi connectivity index (χ1n) is 3.47. The summed E-state index contributed by atoms with van der Waals surface area (Å²) in [5.74, 6) is 0.860. The van der Waals surface area contributed by atoms with Crippen LogP contribution in [0.2, 0.25) is 0 Å². The topological polar surface area (TPSA) is 20.2 Å². The average Bonchev–Trinajstić information content (AvgIpc) is 1.77. The first kappa shape index (κ1) is 6.09. The zero-order chi connectivity index (χ0) is 5.98. The molecular weight excluding hydrogens is 100 g/mol. The van der Waals surface area contributed by atoms with Gasteiger partial charge in [-0.25, -0.2) is 0 Å². The van der Waals surface area contributed by atoms with Crippen LogP contribution in [-0.2, 0) is 0 Å². The fourth-order valence-electron chi connectivity index (χ4n) is 1.24. The van der Waals surface area contributed by atoms with Gasteiger partial charge in [0.15, 0.2) is 0 Å². The molecule has 0 aromatic heterocycles. The molecule has 0 atom stereocenters. The van der Waals surface area contributed by atoms with Crippen molar-refractivity contribution >= 4 is 0 Å². The molecule has 0 aromatic carbocycles. The molecule has 1 rings (SSSR count). The Morgan fingerprint density at radius 1 is 1.12 bits per heavy atom. The molecule has 1 aliphatic rings. The number of aliphatic hydroxyl groups is 1. The van der Waals surface area contributed by atoms with Crippen molar-refractivity contribution in [2.24, 2.45) is 5.92 Å². The lowest BCUT2D eigenvalue weighted by atomic mass is 9.89. The van der Waals surface area contributed by atoms with Gasteiger partial charge in [0, 0.05) is 0 Å². The van der Waals surface area contributed by atoms with Crippen molar-refractivity contribution in [3.8, 4) is 0 Å². The van der Waals surface area contributed by atoms with E-state index in [-0.39, 0.29) is 6.10 Å². The van der Waals surface area contributed by atoms with Gasteiger partial charge in [0.1, 0.15) is 0 Å². The Hall–Kier alpha value is -0.0400. The van der Waals surface area contributed by atoms with E-state index in [1.54, 1.807) is 0 Å². The lowest BCUT2D eigenvalue weighted by Crippen LogP contribution is -2.15. The van der Waals surface area contributed by atoms with Crippen LogP contribution >= 0.6 is 0 Å². The Labute approximate surface area is 50.7 Å². The van der Waals surface area contributed by atoms with Crippen LogP contribution in [0.5, 0.6) is 0 Å². The zero-order valence-corrected chi connectivity index (χ0v) is 5.43. The summed E-state index contributed by atoms with van der Waals surface area (Å²) in [5.41, 5.74) is 0. The molecule has 0 spiro atoms. The highest BCUT2D eigenvalue weighted by Crippen LogP contribution is 2.22. The maximum absolute atomic E-state index is 9.03. The molecule has 0 aliphatic heterocycles. The largest absolute Gasteiger partial charge is 0.393 e. The molecule has 0 aromatic rings. The smallest absolute Gasteiger partial charge is 0.0540 e. The zero-order valence-electron chi connectivity index (χ0n) is 5.43. The van der Waals surface area contributed by atoms with Crippen molar-refractivity contribution in [2.75, 3.05) is 0 Å². The second-order valence-corrected chi connectivity index (χ2v) is 2.91. The van der Waals surface area contributed by atoms with Crippen LogP contribution in [0.4, 0.5) is 0 Å². The summed E-state index contributed by atoms with van der Waals surface area (Å²) in [4.78, 5) is 0. The van der Waals surface area contributed by atoms with E-state index in [4.69, 9.17) is 5.11 Å². The van der Waals surface area contributed by atoms with Gasteiger partial charge < -0.3 is 5.11 Å². The molecule has 0 heterocycles. The highest BCUT2D eigenvalue weighted by atomic mass is 16.3. The minimum Gasteiger partial charge on any atom is -0.393 e. The normalized spacial score (nSPS) is 39.8. The number of aliphatic hydroxyl groups excluding tert-OH is 1. The minimum atomic E-state index is 0.0196. The summed E-state index contributed by atoms with van der Waals surface area (Å²) in [6.07, 6.45) is 4.52. The molecule has 1 fully saturated rings. The van der Waals surface area contributed by atoms with Gasteiger partial charge in [0.05, 0.1) is 6.10 Å². The van der Waals surface area contributed by atoms with E-state index in [1.165, 1.54) is 12.8 Å². The van der Waals surface area contributed by atoms with E-state index in [1.807, 2.05) is 0 Å². The molecule has 1 nitrogen and oxygen atoms in total. The van der Waals surface area contributed by atoms with Crippen molar-refractivity contribution in [1.82, 2.24) is 0 Å². The fourth-order valence-corrected chi connectivity index (χ4v) is 1.24. The van der Waals surface area contributed by atoms with Gasteiger partial charge in [-0.05, 0) is 31.6 Å². The van der Waals surface area contributed by atoms with Crippen LogP contribution in [0.15, 0.2) is 0 Å². The van der Waals surface area contributed by atoms with Crippen LogP contribution in [0.1, 0.15) is 32.6 Å². The Balaban J connectivity index is 2.19. The van der Waals surface area contributed by atoms with Crippen molar-refractivity contribution in [1.29, 1.82) is 0 Å². The molecule has 0 bridgehead atoms. The molecule has 0 unspecified atom stereocenters. The van der Waals surface area contributed by atoms with Gasteiger partial charge in [-0.2, -0.15) is 0 Å². The SMILES string of the molecule is C[C@H]1CC[C@@H](O)CC1. The van der Waals surface area contributed by atoms with E-state index >= 15 is 0 Å². The number of hydrogen-bond acceptors (Lipinski definition) is 1. The summed E-state index contributed by atoms with van der Waals surface area (Å²) >= 11 is 0. The van der Waals surface area contributed by atoms with Gasteiger partial charge in [-0.1, -0.05) is 6.92 Å². The monoisotopic (exact) mass is 114 g/mol. The molecule has 1 aliphatic carbocycles. The Bertz CT molecular complexity index is 52.8. The Morgan fingerprint density at radius 2 is 1.62 bits per heavy atom. The number of rotatable bonds is 0. The van der Waals surface area contributed by atoms with Gasteiger partial charge in [0.25, 0.3) is 0 Å². The first-order valence-corrected chi connectivity index (χ1v) is 3.47. The second kappa shape index (κ2) is 2.49. The predicted molar refractivity (Wildman–Crippen MR) is 33.6 cm³/mol. The van der Waals surface area contributed by atoms with Crippen LogP contribution in [-0.4, -0.2) is 11.2 Å². The van der Waals surface area contributed by atoms with E-state index in [9.17, 15) is 0 Å². The maximum Gasteiger partial charge on any atom is 0.0540 e. The maximum atomic E-state index is 9.03. The van der Waals surface area contributed by atoms with Crippen molar-refractivity contribution < 1.29 is 5.11 Å². The van der Waals surface area contributed by atoms with Gasteiger partial charge >= 0.3 is 0 Å². The van der Waals surface area contributed by atoms with Crippen molar-refractivity contribution in [3.05, 3.63) is 0 Å². The van der Waals surface area contributed by atoms with Crippen LogP contribution in [0.3, 0.4) is 0 Å². The van der Waals surface area contributed by atoms with E-state index in [0.29, 0.717) is 0 Å². The Morgan fingerprint density at radius 3 is 2.00 bits per heavy atom. The second-order valence-electron chi connectivity index (χ2n) is 2.91. The van der Waals surface area contributed by atoms with Gasteiger partial charge in [0.2, 0.25) is 0 Å². The molecule has 0 radical (unpaired) electrons.